The molecule has 1 heterocycles. The van der Waals surface area contributed by atoms with E-state index >= 15 is 0 Å². The number of nitrogens with zero attached hydrogens (tertiary/aromatic N) is 2. The monoisotopic (exact) mass is 439 g/mol. The van der Waals surface area contributed by atoms with Gasteiger partial charge in [0.1, 0.15) is 0 Å². The summed E-state index contributed by atoms with van der Waals surface area (Å²) in [5, 5.41) is 1.32. The molecule has 2 aromatic carbocycles. The van der Waals surface area contributed by atoms with Crippen molar-refractivity contribution in [2.45, 2.75) is 0 Å². The minimum Gasteiger partial charge on any atom is -0.367 e. The van der Waals surface area contributed by atoms with Gasteiger partial charge in [0.2, 0.25) is 10.0 Å². The molecule has 0 unspecified atom stereocenters. The Balaban J connectivity index is 1.59. The summed E-state index contributed by atoms with van der Waals surface area (Å²) in [4.78, 5) is 4.52. The fourth-order valence-corrected chi connectivity index (χ4v) is 4.00. The van der Waals surface area contributed by atoms with Crippen molar-refractivity contribution in [2.75, 3.05) is 48.6 Å². The number of sulfonamides is 1. The van der Waals surface area contributed by atoms with Crippen LogP contribution in [0.4, 0.5) is 11.4 Å². The Kier molecular flexibility index (Phi) is 6.88. The number of nitrogens with one attached hydrogen (secondary N) is 1. The number of rotatable bonds is 6. The largest absolute Gasteiger partial charge is 0.367 e. The van der Waals surface area contributed by atoms with Crippen LogP contribution in [0.15, 0.2) is 48.5 Å². The molecule has 0 aliphatic carbocycles. The van der Waals surface area contributed by atoms with Gasteiger partial charge in [0.25, 0.3) is 0 Å². The summed E-state index contributed by atoms with van der Waals surface area (Å²) < 4.78 is 25.9. The molecule has 1 N–H and O–H groups in total. The van der Waals surface area contributed by atoms with Gasteiger partial charge < -0.3 is 4.90 Å². The third-order valence-corrected chi connectivity index (χ3v) is 5.59. The van der Waals surface area contributed by atoms with Gasteiger partial charge in [0.15, 0.2) is 0 Å². The maximum absolute atomic E-state index is 11.6. The lowest BCUT2D eigenvalue weighted by atomic mass is 10.2. The van der Waals surface area contributed by atoms with E-state index < -0.39 is 10.0 Å². The van der Waals surface area contributed by atoms with Crippen LogP contribution < -0.4 is 9.62 Å². The van der Waals surface area contributed by atoms with Crippen LogP contribution in [-0.2, 0) is 10.0 Å². The second-order valence-corrected chi connectivity index (χ2v) is 9.40. The van der Waals surface area contributed by atoms with E-state index in [9.17, 15) is 8.42 Å². The van der Waals surface area contributed by atoms with Crippen molar-refractivity contribution < 1.29 is 8.42 Å². The highest BCUT2D eigenvalue weighted by molar-refractivity contribution is 7.92. The van der Waals surface area contributed by atoms with E-state index in [-0.39, 0.29) is 0 Å². The van der Waals surface area contributed by atoms with Crippen LogP contribution in [-0.4, -0.2) is 52.3 Å². The smallest absolute Gasteiger partial charge is 0.229 e. The average molecular weight is 440 g/mol. The van der Waals surface area contributed by atoms with Crippen molar-refractivity contribution in [3.8, 4) is 0 Å². The van der Waals surface area contributed by atoms with Gasteiger partial charge in [0, 0.05) is 42.8 Å². The molecule has 0 bridgehead atoms. The SMILES string of the molecule is CS(=O)(=O)Nc1ccc(Cl)cc1N1CCN(CC=Cc2ccc(Cl)cc2)CC1. The molecule has 0 radical (unpaired) electrons. The molecular weight excluding hydrogens is 417 g/mol. The number of anilines is 2. The molecule has 5 nitrogen and oxygen atoms in total. The minimum absolute atomic E-state index is 0.558. The van der Waals surface area contributed by atoms with Gasteiger partial charge >= 0.3 is 0 Å². The third-order valence-electron chi connectivity index (χ3n) is 4.51. The third kappa shape index (κ3) is 6.14. The Morgan fingerprint density at radius 2 is 1.64 bits per heavy atom. The van der Waals surface area contributed by atoms with Crippen LogP contribution >= 0.6 is 23.2 Å². The molecule has 2 aromatic rings. The molecule has 0 aromatic heterocycles. The highest BCUT2D eigenvalue weighted by atomic mass is 35.5. The van der Waals surface area contributed by atoms with Crippen molar-refractivity contribution in [1.82, 2.24) is 4.90 Å². The molecule has 0 amide bonds. The predicted molar refractivity (Wildman–Crippen MR) is 119 cm³/mol. The summed E-state index contributed by atoms with van der Waals surface area (Å²) in [6.07, 6.45) is 5.39. The molecule has 1 aliphatic rings. The van der Waals surface area contributed by atoms with Crippen LogP contribution in [0, 0.1) is 0 Å². The fraction of sp³-hybridized carbons (Fsp3) is 0.300. The zero-order valence-corrected chi connectivity index (χ0v) is 17.9. The van der Waals surface area contributed by atoms with E-state index in [1.807, 2.05) is 30.3 Å². The Labute approximate surface area is 176 Å². The zero-order chi connectivity index (χ0) is 20.1. The van der Waals surface area contributed by atoms with Crippen molar-refractivity contribution >= 4 is 50.7 Å². The Morgan fingerprint density at radius 1 is 1.00 bits per heavy atom. The van der Waals surface area contributed by atoms with Crippen molar-refractivity contribution in [3.05, 3.63) is 64.1 Å². The molecular formula is C20H23Cl2N3O2S. The Hall–Kier alpha value is -1.73. The molecule has 1 saturated heterocycles. The zero-order valence-electron chi connectivity index (χ0n) is 15.6. The summed E-state index contributed by atoms with van der Waals surface area (Å²) in [5.74, 6) is 0. The Bertz CT molecular complexity index is 938. The van der Waals surface area contributed by atoms with E-state index in [0.717, 1.165) is 55.3 Å². The van der Waals surface area contributed by atoms with Crippen LogP contribution in [0.3, 0.4) is 0 Å². The molecule has 0 spiro atoms. The summed E-state index contributed by atoms with van der Waals surface area (Å²) in [7, 11) is -3.35. The van der Waals surface area contributed by atoms with Crippen LogP contribution in [0.25, 0.3) is 6.08 Å². The summed E-state index contributed by atoms with van der Waals surface area (Å²) in [5.41, 5.74) is 2.50. The van der Waals surface area contributed by atoms with Gasteiger partial charge in [-0.1, -0.05) is 47.5 Å². The van der Waals surface area contributed by atoms with Gasteiger partial charge in [-0.3, -0.25) is 9.62 Å². The maximum atomic E-state index is 11.6. The van der Waals surface area contributed by atoms with Crippen LogP contribution in [0.1, 0.15) is 5.56 Å². The normalized spacial score (nSPS) is 15.9. The number of hydrogen-bond acceptors (Lipinski definition) is 4. The first-order valence-corrected chi connectivity index (χ1v) is 11.6. The molecule has 1 aliphatic heterocycles. The lowest BCUT2D eigenvalue weighted by Crippen LogP contribution is -2.46. The number of benzene rings is 2. The standard InChI is InChI=1S/C20H23Cl2N3O2S/c1-28(26,27)23-19-9-8-18(22)15-20(19)25-13-11-24(12-14-25)10-2-3-16-4-6-17(21)7-5-16/h2-9,15,23H,10-14H2,1H3. The van der Waals surface area contributed by atoms with Gasteiger partial charge in [-0.15, -0.1) is 0 Å². The predicted octanol–water partition coefficient (Wildman–Crippen LogP) is 4.20. The lowest BCUT2D eigenvalue weighted by molar-refractivity contribution is 0.284. The average Bonchev–Trinajstić information content (AvgIpc) is 2.64. The maximum Gasteiger partial charge on any atom is 0.229 e. The first-order valence-electron chi connectivity index (χ1n) is 8.97. The molecule has 8 heteroatoms. The Morgan fingerprint density at radius 3 is 2.29 bits per heavy atom. The highest BCUT2D eigenvalue weighted by Crippen LogP contribution is 2.30. The van der Waals surface area contributed by atoms with Gasteiger partial charge in [0.05, 0.1) is 17.6 Å². The molecule has 150 valence electrons. The number of piperazine rings is 1. The molecule has 28 heavy (non-hydrogen) atoms. The highest BCUT2D eigenvalue weighted by Gasteiger charge is 2.20. The van der Waals surface area contributed by atoms with E-state index in [4.69, 9.17) is 23.2 Å². The molecule has 0 atom stereocenters. The second-order valence-electron chi connectivity index (χ2n) is 6.78. The van der Waals surface area contributed by atoms with Crippen molar-refractivity contribution in [1.29, 1.82) is 0 Å². The lowest BCUT2D eigenvalue weighted by Gasteiger charge is -2.36. The summed E-state index contributed by atoms with van der Waals surface area (Å²) in [6, 6.07) is 13.0. The minimum atomic E-state index is -3.35. The van der Waals surface area contributed by atoms with E-state index in [2.05, 4.69) is 26.7 Å². The molecule has 3 rings (SSSR count). The number of halogens is 2. The topological polar surface area (TPSA) is 52.7 Å². The first-order chi connectivity index (χ1) is 13.3. The summed E-state index contributed by atoms with van der Waals surface area (Å²) in [6.45, 7) is 4.23. The number of hydrogen-bond donors (Lipinski definition) is 1. The van der Waals surface area contributed by atoms with Crippen LogP contribution in [0.2, 0.25) is 10.0 Å². The fourth-order valence-electron chi connectivity index (χ4n) is 3.14. The van der Waals surface area contributed by atoms with Crippen molar-refractivity contribution in [3.63, 3.8) is 0 Å². The second kappa shape index (κ2) is 9.18. The molecule has 1 fully saturated rings. The summed E-state index contributed by atoms with van der Waals surface area (Å²) >= 11 is 12.0. The molecule has 0 saturated carbocycles. The van der Waals surface area contributed by atoms with Gasteiger partial charge in [-0.25, -0.2) is 8.42 Å². The first kappa shape index (κ1) is 21.0. The van der Waals surface area contributed by atoms with Gasteiger partial charge in [-0.2, -0.15) is 0 Å². The van der Waals surface area contributed by atoms with Crippen LogP contribution in [0.5, 0.6) is 0 Å². The quantitative estimate of drug-likeness (QED) is 0.732. The van der Waals surface area contributed by atoms with Gasteiger partial charge in [-0.05, 0) is 35.9 Å². The van der Waals surface area contributed by atoms with E-state index in [0.29, 0.717) is 10.7 Å². The van der Waals surface area contributed by atoms with E-state index in [1.54, 1.807) is 12.1 Å². The van der Waals surface area contributed by atoms with Crippen molar-refractivity contribution in [2.24, 2.45) is 0 Å². The van der Waals surface area contributed by atoms with E-state index in [1.165, 1.54) is 0 Å².